The molecule has 1 amide bonds. The van der Waals surface area contributed by atoms with Crippen LogP contribution in [0.3, 0.4) is 0 Å². The zero-order valence-electron chi connectivity index (χ0n) is 10.9. The fourth-order valence-corrected chi connectivity index (χ4v) is 1.86. The van der Waals surface area contributed by atoms with E-state index in [9.17, 15) is 4.79 Å². The van der Waals surface area contributed by atoms with Crippen LogP contribution in [-0.2, 0) is 16.1 Å². The van der Waals surface area contributed by atoms with E-state index in [4.69, 9.17) is 4.74 Å². The quantitative estimate of drug-likeness (QED) is 0.832. The largest absolute Gasteiger partial charge is 0.368 e. The van der Waals surface area contributed by atoms with Gasteiger partial charge in [0.2, 0.25) is 0 Å². The summed E-state index contributed by atoms with van der Waals surface area (Å²) in [7, 11) is 4.03. The molecule has 6 nitrogen and oxygen atoms in total. The zero-order valence-corrected chi connectivity index (χ0v) is 10.9. The van der Waals surface area contributed by atoms with Gasteiger partial charge in [-0.2, -0.15) is 5.10 Å². The van der Waals surface area contributed by atoms with Gasteiger partial charge in [0.25, 0.3) is 5.91 Å². The maximum atomic E-state index is 11.8. The molecule has 2 rings (SSSR count). The number of aromatic nitrogens is 2. The van der Waals surface area contributed by atoms with Gasteiger partial charge in [-0.1, -0.05) is 0 Å². The third-order valence-electron chi connectivity index (χ3n) is 2.90. The van der Waals surface area contributed by atoms with Crippen LogP contribution in [0.15, 0.2) is 12.4 Å². The number of likely N-dealkylation sites (N-methyl/N-ethyl adjacent to an activating group) is 1. The number of carbonyl (C=O) groups is 1. The lowest BCUT2D eigenvalue weighted by atomic mass is 10.2. The molecule has 0 aliphatic carbocycles. The second kappa shape index (κ2) is 5.97. The van der Waals surface area contributed by atoms with Crippen molar-refractivity contribution in [2.45, 2.75) is 25.5 Å². The number of anilines is 1. The summed E-state index contributed by atoms with van der Waals surface area (Å²) in [5.74, 6) is -0.0698. The lowest BCUT2D eigenvalue weighted by Crippen LogP contribution is -2.26. The topological polar surface area (TPSA) is 59.4 Å². The van der Waals surface area contributed by atoms with Crippen molar-refractivity contribution in [1.82, 2.24) is 14.7 Å². The first kappa shape index (κ1) is 13.0. The Kier molecular flexibility index (Phi) is 4.33. The number of nitrogens with zero attached hydrogens (tertiary/aromatic N) is 3. The molecular weight excluding hydrogens is 232 g/mol. The summed E-state index contributed by atoms with van der Waals surface area (Å²) < 4.78 is 7.15. The Balaban J connectivity index is 1.84. The minimum atomic E-state index is -0.296. The lowest BCUT2D eigenvalue weighted by molar-refractivity contribution is -0.124. The third kappa shape index (κ3) is 3.54. The maximum absolute atomic E-state index is 11.8. The van der Waals surface area contributed by atoms with Gasteiger partial charge in [-0.15, -0.1) is 0 Å². The number of amides is 1. The van der Waals surface area contributed by atoms with Gasteiger partial charge < -0.3 is 15.0 Å². The van der Waals surface area contributed by atoms with Gasteiger partial charge >= 0.3 is 0 Å². The van der Waals surface area contributed by atoms with Crippen molar-refractivity contribution in [1.29, 1.82) is 0 Å². The summed E-state index contributed by atoms with van der Waals surface area (Å²) >= 11 is 0. The first-order valence-electron chi connectivity index (χ1n) is 6.25. The van der Waals surface area contributed by atoms with Crippen LogP contribution >= 0.6 is 0 Å². The fraction of sp³-hybridized carbons (Fsp3) is 0.667. The van der Waals surface area contributed by atoms with Crippen molar-refractivity contribution < 1.29 is 9.53 Å². The molecule has 18 heavy (non-hydrogen) atoms. The number of ether oxygens (including phenoxy) is 1. The van der Waals surface area contributed by atoms with E-state index in [0.29, 0.717) is 6.61 Å². The lowest BCUT2D eigenvalue weighted by Gasteiger charge is -2.09. The number of rotatable bonds is 5. The van der Waals surface area contributed by atoms with Crippen LogP contribution in [0.5, 0.6) is 0 Å². The molecule has 100 valence electrons. The smallest absolute Gasteiger partial charge is 0.253 e. The first-order valence-corrected chi connectivity index (χ1v) is 6.25. The van der Waals surface area contributed by atoms with Gasteiger partial charge in [0.1, 0.15) is 6.10 Å². The van der Waals surface area contributed by atoms with Crippen molar-refractivity contribution >= 4 is 11.6 Å². The van der Waals surface area contributed by atoms with E-state index in [1.54, 1.807) is 6.20 Å². The van der Waals surface area contributed by atoms with E-state index in [2.05, 4.69) is 15.3 Å². The molecule has 0 spiro atoms. The maximum Gasteiger partial charge on any atom is 0.253 e. The molecule has 0 radical (unpaired) electrons. The highest BCUT2D eigenvalue weighted by Crippen LogP contribution is 2.14. The molecule has 1 aliphatic heterocycles. The Bertz CT molecular complexity index is 397. The van der Waals surface area contributed by atoms with Gasteiger partial charge in [-0.05, 0) is 26.9 Å². The fourth-order valence-electron chi connectivity index (χ4n) is 1.86. The summed E-state index contributed by atoms with van der Waals surface area (Å²) in [5.41, 5.74) is 0.731. The average Bonchev–Trinajstić information content (AvgIpc) is 2.97. The Morgan fingerprint density at radius 1 is 1.67 bits per heavy atom. The van der Waals surface area contributed by atoms with Crippen LogP contribution in [0.2, 0.25) is 0 Å². The molecular formula is C12H20N4O2. The van der Waals surface area contributed by atoms with Crippen molar-refractivity contribution in [3.8, 4) is 0 Å². The molecule has 1 fully saturated rings. The summed E-state index contributed by atoms with van der Waals surface area (Å²) in [6, 6.07) is 0. The zero-order chi connectivity index (χ0) is 13.0. The van der Waals surface area contributed by atoms with E-state index in [1.165, 1.54) is 0 Å². The van der Waals surface area contributed by atoms with Gasteiger partial charge in [0.15, 0.2) is 0 Å². The van der Waals surface area contributed by atoms with Crippen LogP contribution in [0, 0.1) is 0 Å². The number of nitrogens with one attached hydrogen (secondary N) is 1. The molecule has 1 N–H and O–H groups in total. The Morgan fingerprint density at radius 2 is 2.50 bits per heavy atom. The van der Waals surface area contributed by atoms with Crippen molar-refractivity contribution in [3.63, 3.8) is 0 Å². The highest BCUT2D eigenvalue weighted by molar-refractivity contribution is 5.94. The van der Waals surface area contributed by atoms with E-state index in [-0.39, 0.29) is 12.0 Å². The predicted octanol–water partition coefficient (Wildman–Crippen LogP) is 0.562. The van der Waals surface area contributed by atoms with Crippen LogP contribution in [0.25, 0.3) is 0 Å². The van der Waals surface area contributed by atoms with Gasteiger partial charge in [-0.3, -0.25) is 9.48 Å². The van der Waals surface area contributed by atoms with Crippen LogP contribution in [0.1, 0.15) is 12.8 Å². The number of hydrogen-bond acceptors (Lipinski definition) is 4. The van der Waals surface area contributed by atoms with Crippen LogP contribution in [-0.4, -0.2) is 53.9 Å². The van der Waals surface area contributed by atoms with E-state index in [0.717, 1.165) is 31.6 Å². The molecule has 1 aromatic heterocycles. The van der Waals surface area contributed by atoms with Crippen LogP contribution in [0.4, 0.5) is 5.69 Å². The molecule has 0 saturated carbocycles. The normalized spacial score (nSPS) is 19.4. The molecule has 1 unspecified atom stereocenters. The Morgan fingerprint density at radius 3 is 3.17 bits per heavy atom. The monoisotopic (exact) mass is 252 g/mol. The SMILES string of the molecule is CN(C)CCn1cc(NC(=O)C2CCCO2)cn1. The van der Waals surface area contributed by atoms with Gasteiger partial charge in [-0.25, -0.2) is 0 Å². The first-order chi connectivity index (χ1) is 8.65. The molecule has 1 saturated heterocycles. The van der Waals surface area contributed by atoms with Gasteiger partial charge in [0, 0.05) is 19.3 Å². The molecule has 6 heteroatoms. The molecule has 1 aliphatic rings. The number of carbonyl (C=O) groups excluding carboxylic acids is 1. The van der Waals surface area contributed by atoms with Gasteiger partial charge in [0.05, 0.1) is 18.4 Å². The highest BCUT2D eigenvalue weighted by atomic mass is 16.5. The Labute approximate surface area is 107 Å². The second-order valence-corrected chi connectivity index (χ2v) is 4.79. The van der Waals surface area contributed by atoms with Crippen molar-refractivity contribution in [3.05, 3.63) is 12.4 Å². The molecule has 0 aromatic carbocycles. The summed E-state index contributed by atoms with van der Waals surface area (Å²) in [6.45, 7) is 2.41. The average molecular weight is 252 g/mol. The van der Waals surface area contributed by atoms with Crippen molar-refractivity contribution in [2.24, 2.45) is 0 Å². The molecule has 2 heterocycles. The summed E-state index contributed by atoms with van der Waals surface area (Å²) in [5, 5.41) is 7.03. The second-order valence-electron chi connectivity index (χ2n) is 4.79. The highest BCUT2D eigenvalue weighted by Gasteiger charge is 2.23. The minimum absolute atomic E-state index is 0.0698. The summed E-state index contributed by atoms with van der Waals surface area (Å²) in [6.07, 6.45) is 4.98. The number of hydrogen-bond donors (Lipinski definition) is 1. The minimum Gasteiger partial charge on any atom is -0.368 e. The van der Waals surface area contributed by atoms with E-state index < -0.39 is 0 Å². The van der Waals surface area contributed by atoms with E-state index in [1.807, 2.05) is 25.0 Å². The molecule has 1 atom stereocenters. The molecule has 1 aromatic rings. The third-order valence-corrected chi connectivity index (χ3v) is 2.90. The van der Waals surface area contributed by atoms with Crippen molar-refractivity contribution in [2.75, 3.05) is 32.6 Å². The van der Waals surface area contributed by atoms with Crippen LogP contribution < -0.4 is 5.32 Å². The predicted molar refractivity (Wildman–Crippen MR) is 68.4 cm³/mol. The standard InChI is InChI=1S/C12H20N4O2/c1-15(2)5-6-16-9-10(8-13-16)14-12(17)11-4-3-7-18-11/h8-9,11H,3-7H2,1-2H3,(H,14,17). The van der Waals surface area contributed by atoms with E-state index >= 15 is 0 Å². The summed E-state index contributed by atoms with van der Waals surface area (Å²) in [4.78, 5) is 13.9. The molecule has 0 bridgehead atoms. The Hall–Kier alpha value is -1.40.